The van der Waals surface area contributed by atoms with E-state index in [2.05, 4.69) is 20.7 Å². The second-order valence-electron chi connectivity index (χ2n) is 3.54. The summed E-state index contributed by atoms with van der Waals surface area (Å²) in [5.41, 5.74) is 1.07. The highest BCUT2D eigenvalue weighted by molar-refractivity contribution is 9.10. The highest BCUT2D eigenvalue weighted by Crippen LogP contribution is 2.26. The fraction of sp³-hybridized carbons (Fsp3) is 0.0909. The predicted molar refractivity (Wildman–Crippen MR) is 75.2 cm³/mol. The monoisotopic (exact) mass is 347 g/mol. The lowest BCUT2D eigenvalue weighted by Crippen LogP contribution is -2.13. The summed E-state index contributed by atoms with van der Waals surface area (Å²) >= 11 is 4.61. The molecular formula is C11H10BrNO3S2. The second-order valence-corrected chi connectivity index (χ2v) is 6.83. The molecular weight excluding hydrogens is 338 g/mol. The molecule has 0 aliphatic carbocycles. The van der Waals surface area contributed by atoms with Gasteiger partial charge in [0.2, 0.25) is 0 Å². The van der Waals surface area contributed by atoms with Gasteiger partial charge in [0, 0.05) is 9.85 Å². The van der Waals surface area contributed by atoms with E-state index in [-0.39, 0.29) is 11.5 Å². The Bertz CT molecular complexity index is 638. The van der Waals surface area contributed by atoms with Crippen molar-refractivity contribution in [1.29, 1.82) is 0 Å². The Balaban J connectivity index is 2.40. The molecule has 0 amide bonds. The third kappa shape index (κ3) is 2.92. The van der Waals surface area contributed by atoms with E-state index in [1.165, 1.54) is 17.4 Å². The van der Waals surface area contributed by atoms with Crippen molar-refractivity contribution >= 4 is 43.0 Å². The van der Waals surface area contributed by atoms with Crippen LogP contribution >= 0.6 is 27.3 Å². The molecule has 0 bridgehead atoms. The van der Waals surface area contributed by atoms with E-state index in [0.717, 1.165) is 0 Å². The van der Waals surface area contributed by atoms with Crippen LogP contribution in [-0.4, -0.2) is 13.5 Å². The molecule has 2 aromatic rings. The number of sulfonamides is 1. The van der Waals surface area contributed by atoms with E-state index in [1.54, 1.807) is 29.0 Å². The number of halogens is 1. The molecule has 18 heavy (non-hydrogen) atoms. The number of thiophene rings is 1. The molecule has 1 aromatic carbocycles. The zero-order chi connectivity index (χ0) is 13.2. The lowest BCUT2D eigenvalue weighted by atomic mass is 10.2. The SMILES string of the molecule is O=S(=O)(Nc1ccsc1)c1cc(CO)ccc1Br. The molecule has 1 aromatic heterocycles. The Morgan fingerprint density at radius 1 is 1.33 bits per heavy atom. The molecule has 0 fully saturated rings. The normalized spacial score (nSPS) is 11.4. The lowest BCUT2D eigenvalue weighted by molar-refractivity contribution is 0.281. The van der Waals surface area contributed by atoms with Crippen molar-refractivity contribution in [2.75, 3.05) is 4.72 Å². The maximum Gasteiger partial charge on any atom is 0.263 e. The van der Waals surface area contributed by atoms with Crippen LogP contribution < -0.4 is 4.72 Å². The molecule has 0 saturated carbocycles. The first-order chi connectivity index (χ1) is 8.53. The van der Waals surface area contributed by atoms with Crippen LogP contribution in [0.25, 0.3) is 0 Å². The zero-order valence-electron chi connectivity index (χ0n) is 9.13. The maximum absolute atomic E-state index is 12.2. The van der Waals surface area contributed by atoms with Crippen LogP contribution in [0.3, 0.4) is 0 Å². The Labute approximate surface area is 117 Å². The smallest absolute Gasteiger partial charge is 0.263 e. The van der Waals surface area contributed by atoms with E-state index >= 15 is 0 Å². The van der Waals surface area contributed by atoms with Crippen LogP contribution in [0.5, 0.6) is 0 Å². The zero-order valence-corrected chi connectivity index (χ0v) is 12.3. The van der Waals surface area contributed by atoms with Gasteiger partial charge in [-0.3, -0.25) is 4.72 Å². The molecule has 96 valence electrons. The lowest BCUT2D eigenvalue weighted by Gasteiger charge is -2.09. The molecule has 4 nitrogen and oxygen atoms in total. The summed E-state index contributed by atoms with van der Waals surface area (Å²) in [5, 5.41) is 12.5. The van der Waals surface area contributed by atoms with Gasteiger partial charge in [-0.05, 0) is 45.1 Å². The molecule has 1 heterocycles. The largest absolute Gasteiger partial charge is 0.392 e. The van der Waals surface area contributed by atoms with Gasteiger partial charge in [-0.2, -0.15) is 11.3 Å². The summed E-state index contributed by atoms with van der Waals surface area (Å²) in [7, 11) is -3.65. The fourth-order valence-corrected chi connectivity index (χ4v) is 4.11. The number of benzene rings is 1. The number of aliphatic hydroxyl groups is 1. The van der Waals surface area contributed by atoms with Gasteiger partial charge in [-0.1, -0.05) is 6.07 Å². The number of hydrogen-bond donors (Lipinski definition) is 2. The van der Waals surface area contributed by atoms with Crippen LogP contribution in [0.4, 0.5) is 5.69 Å². The third-order valence-corrected chi connectivity index (χ3v) is 5.30. The van der Waals surface area contributed by atoms with Crippen molar-refractivity contribution in [1.82, 2.24) is 0 Å². The molecule has 2 rings (SSSR count). The first-order valence-corrected chi connectivity index (χ1v) is 8.19. The minimum atomic E-state index is -3.65. The number of nitrogens with one attached hydrogen (secondary N) is 1. The Kier molecular flexibility index (Phi) is 4.06. The van der Waals surface area contributed by atoms with Crippen LogP contribution in [0.1, 0.15) is 5.56 Å². The molecule has 0 aliphatic heterocycles. The number of hydrogen-bond acceptors (Lipinski definition) is 4. The Hall–Kier alpha value is -0.890. The van der Waals surface area contributed by atoms with E-state index in [1.807, 2.05) is 0 Å². The quantitative estimate of drug-likeness (QED) is 0.893. The van der Waals surface area contributed by atoms with Gasteiger partial charge in [-0.15, -0.1) is 0 Å². The van der Waals surface area contributed by atoms with E-state index in [4.69, 9.17) is 5.11 Å². The van der Waals surface area contributed by atoms with Gasteiger partial charge >= 0.3 is 0 Å². The highest BCUT2D eigenvalue weighted by atomic mass is 79.9. The Morgan fingerprint density at radius 3 is 2.72 bits per heavy atom. The molecule has 0 saturated heterocycles. The average Bonchev–Trinajstić information content (AvgIpc) is 2.81. The highest BCUT2D eigenvalue weighted by Gasteiger charge is 2.18. The summed E-state index contributed by atoms with van der Waals surface area (Å²) in [4.78, 5) is 0.111. The van der Waals surface area contributed by atoms with Crippen LogP contribution in [0.2, 0.25) is 0 Å². The van der Waals surface area contributed by atoms with Crippen molar-refractivity contribution in [3.8, 4) is 0 Å². The topological polar surface area (TPSA) is 66.4 Å². The van der Waals surface area contributed by atoms with E-state index in [0.29, 0.717) is 15.7 Å². The molecule has 0 atom stereocenters. The van der Waals surface area contributed by atoms with Gasteiger partial charge in [0.05, 0.1) is 12.3 Å². The summed E-state index contributed by atoms with van der Waals surface area (Å²) in [5.74, 6) is 0. The number of anilines is 1. The summed E-state index contributed by atoms with van der Waals surface area (Å²) in [6, 6.07) is 6.40. The molecule has 0 unspecified atom stereocenters. The van der Waals surface area contributed by atoms with Crippen molar-refractivity contribution in [3.05, 3.63) is 45.1 Å². The minimum Gasteiger partial charge on any atom is -0.392 e. The maximum atomic E-state index is 12.2. The van der Waals surface area contributed by atoms with Crippen LogP contribution in [-0.2, 0) is 16.6 Å². The van der Waals surface area contributed by atoms with E-state index in [9.17, 15) is 8.42 Å². The summed E-state index contributed by atoms with van der Waals surface area (Å²) in [6.07, 6.45) is 0. The van der Waals surface area contributed by atoms with Crippen molar-refractivity contribution in [3.63, 3.8) is 0 Å². The Morgan fingerprint density at radius 2 is 2.11 bits per heavy atom. The molecule has 2 N–H and O–H groups in total. The van der Waals surface area contributed by atoms with Gasteiger partial charge in [0.15, 0.2) is 0 Å². The molecule has 0 spiro atoms. The minimum absolute atomic E-state index is 0.111. The van der Waals surface area contributed by atoms with Crippen molar-refractivity contribution in [2.24, 2.45) is 0 Å². The van der Waals surface area contributed by atoms with Crippen molar-refractivity contribution in [2.45, 2.75) is 11.5 Å². The van der Waals surface area contributed by atoms with Gasteiger partial charge < -0.3 is 5.11 Å². The summed E-state index contributed by atoms with van der Waals surface area (Å²) in [6.45, 7) is -0.200. The first kappa shape index (κ1) is 13.5. The summed E-state index contributed by atoms with van der Waals surface area (Å²) < 4.78 is 27.3. The predicted octanol–water partition coefficient (Wildman–Crippen LogP) is 2.80. The third-order valence-electron chi connectivity index (χ3n) is 2.24. The van der Waals surface area contributed by atoms with Gasteiger partial charge in [0.25, 0.3) is 10.0 Å². The van der Waals surface area contributed by atoms with E-state index < -0.39 is 10.0 Å². The second kappa shape index (κ2) is 5.40. The molecule has 0 radical (unpaired) electrons. The van der Waals surface area contributed by atoms with Crippen LogP contribution in [0.15, 0.2) is 44.4 Å². The van der Waals surface area contributed by atoms with Gasteiger partial charge in [0.1, 0.15) is 4.90 Å². The fourth-order valence-electron chi connectivity index (χ4n) is 1.38. The number of aliphatic hydroxyl groups excluding tert-OH is 1. The first-order valence-electron chi connectivity index (χ1n) is 4.97. The molecule has 7 heteroatoms. The van der Waals surface area contributed by atoms with Crippen LogP contribution in [0, 0.1) is 0 Å². The average molecular weight is 348 g/mol. The standard InChI is InChI=1S/C11H10BrNO3S2/c12-10-2-1-8(6-14)5-11(10)18(15,16)13-9-3-4-17-7-9/h1-5,7,13-14H,6H2. The number of rotatable bonds is 4. The molecule has 0 aliphatic rings. The van der Waals surface area contributed by atoms with Crippen molar-refractivity contribution < 1.29 is 13.5 Å². The van der Waals surface area contributed by atoms with Gasteiger partial charge in [-0.25, -0.2) is 8.42 Å².